The Morgan fingerprint density at radius 3 is 2.63 bits per heavy atom. The van der Waals surface area contributed by atoms with Crippen LogP contribution in [0.3, 0.4) is 0 Å². The number of sulfonamides is 1. The molecule has 0 fully saturated rings. The second kappa shape index (κ2) is 5.54. The molecule has 1 heterocycles. The van der Waals surface area contributed by atoms with Gasteiger partial charge in [0.2, 0.25) is 10.0 Å². The van der Waals surface area contributed by atoms with E-state index in [2.05, 4.69) is 9.88 Å². The third-order valence-electron chi connectivity index (χ3n) is 2.76. The number of nitrogens with one attached hydrogen (secondary N) is 1. The highest BCUT2D eigenvalue weighted by Gasteiger charge is 2.13. The maximum absolute atomic E-state index is 12.0. The zero-order valence-corrected chi connectivity index (χ0v) is 11.7. The standard InChI is InChI=1S/C13H16N2O3S/c1-10-5-3-4-6-12(10)9-19(16,17)14-8-13-7-11(2)18-15-13/h3-7,14H,8-9H2,1-2H3. The van der Waals surface area contributed by atoms with Gasteiger partial charge in [0.25, 0.3) is 0 Å². The Hall–Kier alpha value is -1.66. The maximum Gasteiger partial charge on any atom is 0.216 e. The lowest BCUT2D eigenvalue weighted by Crippen LogP contribution is -2.25. The molecule has 1 aromatic heterocycles. The third kappa shape index (κ3) is 3.90. The summed E-state index contributed by atoms with van der Waals surface area (Å²) in [5, 5.41) is 3.74. The Bertz CT molecular complexity index is 662. The summed E-state index contributed by atoms with van der Waals surface area (Å²) in [5.74, 6) is 0.629. The molecule has 0 saturated heterocycles. The highest BCUT2D eigenvalue weighted by atomic mass is 32.2. The molecule has 0 amide bonds. The van der Waals surface area contributed by atoms with Crippen LogP contribution < -0.4 is 4.72 Å². The second-order valence-corrected chi connectivity index (χ2v) is 6.24. The van der Waals surface area contributed by atoms with Crippen LogP contribution in [0, 0.1) is 13.8 Å². The van der Waals surface area contributed by atoms with Gasteiger partial charge in [0.15, 0.2) is 0 Å². The van der Waals surface area contributed by atoms with Gasteiger partial charge in [0.05, 0.1) is 18.0 Å². The third-order valence-corrected chi connectivity index (χ3v) is 4.03. The molecule has 0 aliphatic rings. The molecule has 0 aliphatic heterocycles. The van der Waals surface area contributed by atoms with Crippen molar-refractivity contribution in [2.24, 2.45) is 0 Å². The lowest BCUT2D eigenvalue weighted by Gasteiger charge is -2.07. The van der Waals surface area contributed by atoms with Crippen LogP contribution in [0.1, 0.15) is 22.6 Å². The minimum atomic E-state index is -3.38. The summed E-state index contributed by atoms with van der Waals surface area (Å²) in [6.07, 6.45) is 0. The summed E-state index contributed by atoms with van der Waals surface area (Å²) in [7, 11) is -3.38. The number of hydrogen-bond acceptors (Lipinski definition) is 4. The van der Waals surface area contributed by atoms with Gasteiger partial charge in [-0.2, -0.15) is 0 Å². The van der Waals surface area contributed by atoms with Crippen molar-refractivity contribution >= 4 is 10.0 Å². The van der Waals surface area contributed by atoms with E-state index >= 15 is 0 Å². The number of benzene rings is 1. The fourth-order valence-corrected chi connectivity index (χ4v) is 2.92. The van der Waals surface area contributed by atoms with Crippen LogP contribution in [0.5, 0.6) is 0 Å². The summed E-state index contributed by atoms with van der Waals surface area (Å²) in [6, 6.07) is 9.13. The first-order valence-corrected chi connectivity index (χ1v) is 7.55. The molecule has 0 saturated carbocycles. The van der Waals surface area contributed by atoms with Gasteiger partial charge >= 0.3 is 0 Å². The van der Waals surface area contributed by atoms with Crippen molar-refractivity contribution in [2.75, 3.05) is 0 Å². The molecular weight excluding hydrogens is 264 g/mol. The minimum absolute atomic E-state index is 0.0312. The minimum Gasteiger partial charge on any atom is -0.361 e. The molecule has 0 unspecified atom stereocenters. The lowest BCUT2D eigenvalue weighted by atomic mass is 10.1. The molecule has 102 valence electrons. The molecule has 0 radical (unpaired) electrons. The summed E-state index contributed by atoms with van der Waals surface area (Å²) in [5.41, 5.74) is 2.34. The number of rotatable bonds is 5. The first kappa shape index (κ1) is 13.8. The van der Waals surface area contributed by atoms with Crippen LogP contribution >= 0.6 is 0 Å². The first-order valence-electron chi connectivity index (χ1n) is 5.90. The normalized spacial score (nSPS) is 11.7. The van der Waals surface area contributed by atoms with Crippen molar-refractivity contribution in [1.82, 2.24) is 9.88 Å². The summed E-state index contributed by atoms with van der Waals surface area (Å²) < 4.78 is 31.3. The van der Waals surface area contributed by atoms with Gasteiger partial charge in [-0.1, -0.05) is 29.4 Å². The van der Waals surface area contributed by atoms with Crippen LogP contribution in [0.2, 0.25) is 0 Å². The summed E-state index contributed by atoms with van der Waals surface area (Å²) in [6.45, 7) is 3.80. The van der Waals surface area contributed by atoms with E-state index in [0.717, 1.165) is 11.1 Å². The van der Waals surface area contributed by atoms with Crippen LogP contribution in [0.4, 0.5) is 0 Å². The van der Waals surface area contributed by atoms with E-state index in [1.165, 1.54) is 0 Å². The maximum atomic E-state index is 12.0. The van der Waals surface area contributed by atoms with Crippen LogP contribution in [0.25, 0.3) is 0 Å². The highest BCUT2D eigenvalue weighted by Crippen LogP contribution is 2.11. The van der Waals surface area contributed by atoms with E-state index in [-0.39, 0.29) is 12.3 Å². The van der Waals surface area contributed by atoms with Gasteiger partial charge < -0.3 is 4.52 Å². The molecule has 5 nitrogen and oxygen atoms in total. The number of aryl methyl sites for hydroxylation is 2. The van der Waals surface area contributed by atoms with E-state index in [1.54, 1.807) is 13.0 Å². The fourth-order valence-electron chi connectivity index (χ4n) is 1.71. The Labute approximate surface area is 112 Å². The quantitative estimate of drug-likeness (QED) is 0.908. The van der Waals surface area contributed by atoms with Crippen molar-refractivity contribution in [2.45, 2.75) is 26.1 Å². The second-order valence-electron chi connectivity index (χ2n) is 4.44. The van der Waals surface area contributed by atoms with Gasteiger partial charge in [-0.05, 0) is 25.0 Å². The zero-order valence-electron chi connectivity index (χ0n) is 10.9. The van der Waals surface area contributed by atoms with Gasteiger partial charge in [-0.3, -0.25) is 0 Å². The lowest BCUT2D eigenvalue weighted by molar-refractivity contribution is 0.390. The van der Waals surface area contributed by atoms with E-state index in [1.807, 2.05) is 31.2 Å². The fraction of sp³-hybridized carbons (Fsp3) is 0.308. The van der Waals surface area contributed by atoms with Crippen molar-refractivity contribution in [1.29, 1.82) is 0 Å². The summed E-state index contributed by atoms with van der Waals surface area (Å²) >= 11 is 0. The molecule has 6 heteroatoms. The molecule has 0 bridgehead atoms. The van der Waals surface area contributed by atoms with Crippen molar-refractivity contribution in [3.8, 4) is 0 Å². The predicted octanol–water partition coefficient (Wildman–Crippen LogP) is 1.91. The van der Waals surface area contributed by atoms with E-state index < -0.39 is 10.0 Å². The van der Waals surface area contributed by atoms with Crippen molar-refractivity contribution < 1.29 is 12.9 Å². The molecule has 0 spiro atoms. The molecule has 2 rings (SSSR count). The Balaban J connectivity index is 2.01. The largest absolute Gasteiger partial charge is 0.361 e. The van der Waals surface area contributed by atoms with E-state index in [4.69, 9.17) is 4.52 Å². The SMILES string of the molecule is Cc1cc(CNS(=O)(=O)Cc2ccccc2C)no1. The molecule has 1 N–H and O–H groups in total. The first-order chi connectivity index (χ1) is 8.96. The van der Waals surface area contributed by atoms with Crippen LogP contribution in [-0.4, -0.2) is 13.6 Å². The van der Waals surface area contributed by atoms with Crippen molar-refractivity contribution in [3.05, 3.63) is 52.9 Å². The highest BCUT2D eigenvalue weighted by molar-refractivity contribution is 7.88. The monoisotopic (exact) mass is 280 g/mol. The Morgan fingerprint density at radius 2 is 2.00 bits per heavy atom. The van der Waals surface area contributed by atoms with Crippen molar-refractivity contribution in [3.63, 3.8) is 0 Å². The number of hydrogen-bond donors (Lipinski definition) is 1. The van der Waals surface area contributed by atoms with E-state index in [0.29, 0.717) is 11.5 Å². The number of aromatic nitrogens is 1. The summed E-state index contributed by atoms with van der Waals surface area (Å²) in [4.78, 5) is 0. The van der Waals surface area contributed by atoms with Crippen LogP contribution in [0.15, 0.2) is 34.9 Å². The van der Waals surface area contributed by atoms with Gasteiger partial charge in [-0.25, -0.2) is 13.1 Å². The topological polar surface area (TPSA) is 72.2 Å². The smallest absolute Gasteiger partial charge is 0.216 e. The molecular formula is C13H16N2O3S. The van der Waals surface area contributed by atoms with E-state index in [9.17, 15) is 8.42 Å². The Kier molecular flexibility index (Phi) is 4.01. The average molecular weight is 280 g/mol. The average Bonchev–Trinajstić information content (AvgIpc) is 2.76. The molecule has 19 heavy (non-hydrogen) atoms. The zero-order chi connectivity index (χ0) is 13.9. The molecule has 0 atom stereocenters. The van der Waals surface area contributed by atoms with Gasteiger partial charge in [-0.15, -0.1) is 0 Å². The molecule has 0 aliphatic carbocycles. The Morgan fingerprint density at radius 1 is 1.26 bits per heavy atom. The molecule has 2 aromatic rings. The van der Waals surface area contributed by atoms with Crippen LogP contribution in [-0.2, 0) is 22.3 Å². The van der Waals surface area contributed by atoms with Gasteiger partial charge in [0.1, 0.15) is 5.76 Å². The van der Waals surface area contributed by atoms with Gasteiger partial charge in [0, 0.05) is 6.07 Å². The number of nitrogens with zero attached hydrogens (tertiary/aromatic N) is 1. The molecule has 1 aromatic carbocycles. The predicted molar refractivity (Wildman–Crippen MR) is 71.9 cm³/mol.